The number of nitrogens with one attached hydrogen (secondary N) is 1. The number of hydrogen-bond acceptors (Lipinski definition) is 2. The average molecular weight is 377 g/mol. The summed E-state index contributed by atoms with van der Waals surface area (Å²) in [5.74, 6) is -0.483. The lowest BCUT2D eigenvalue weighted by Crippen LogP contribution is -2.34. The van der Waals surface area contributed by atoms with Gasteiger partial charge in [0.1, 0.15) is 0 Å². The first-order valence-electron chi connectivity index (χ1n) is 8.11. The van der Waals surface area contributed by atoms with Crippen molar-refractivity contribution in [3.05, 3.63) is 64.1 Å². The van der Waals surface area contributed by atoms with E-state index < -0.39 is 0 Å². The van der Waals surface area contributed by atoms with Crippen molar-refractivity contribution in [2.24, 2.45) is 5.92 Å². The Hall–Kier alpha value is -2.04. The molecule has 25 heavy (non-hydrogen) atoms. The maximum Gasteiger partial charge on any atom is 0.227 e. The molecule has 1 aliphatic rings. The molecule has 0 spiro atoms. The van der Waals surface area contributed by atoms with Gasteiger partial charge in [-0.2, -0.15) is 0 Å². The van der Waals surface area contributed by atoms with Crippen LogP contribution in [-0.4, -0.2) is 24.9 Å². The van der Waals surface area contributed by atoms with Crippen molar-refractivity contribution in [2.75, 3.05) is 18.0 Å². The van der Waals surface area contributed by atoms with E-state index in [-0.39, 0.29) is 24.2 Å². The molecule has 0 radical (unpaired) electrons. The molecule has 6 heteroatoms. The zero-order valence-electron chi connectivity index (χ0n) is 13.5. The van der Waals surface area contributed by atoms with Crippen LogP contribution in [0.25, 0.3) is 0 Å². The minimum atomic E-state index is -0.336. The molecule has 0 aromatic heterocycles. The number of amides is 2. The lowest BCUT2D eigenvalue weighted by Gasteiger charge is -2.17. The summed E-state index contributed by atoms with van der Waals surface area (Å²) in [6, 6.07) is 14.7. The van der Waals surface area contributed by atoms with Crippen LogP contribution in [-0.2, 0) is 16.0 Å². The van der Waals surface area contributed by atoms with E-state index in [9.17, 15) is 9.59 Å². The number of nitrogens with zero attached hydrogens (tertiary/aromatic N) is 1. The van der Waals surface area contributed by atoms with Crippen LogP contribution >= 0.6 is 23.2 Å². The first-order valence-corrected chi connectivity index (χ1v) is 8.86. The molecule has 0 bridgehead atoms. The maximum atomic E-state index is 12.3. The summed E-state index contributed by atoms with van der Waals surface area (Å²) in [6.45, 7) is 0.911. The molecule has 2 amide bonds. The first kappa shape index (κ1) is 17.8. The third kappa shape index (κ3) is 4.53. The third-order valence-electron chi connectivity index (χ3n) is 4.24. The summed E-state index contributed by atoms with van der Waals surface area (Å²) in [4.78, 5) is 26.2. The molecule has 1 saturated heterocycles. The summed E-state index contributed by atoms with van der Waals surface area (Å²) in [6.07, 6.45) is 0.945. The summed E-state index contributed by atoms with van der Waals surface area (Å²) in [7, 11) is 0. The molecule has 1 atom stereocenters. The molecule has 2 aromatic rings. The molecule has 0 aliphatic carbocycles. The molecule has 1 N–H and O–H groups in total. The lowest BCUT2D eigenvalue weighted by molar-refractivity contribution is -0.126. The summed E-state index contributed by atoms with van der Waals surface area (Å²) in [5.41, 5.74) is 1.83. The van der Waals surface area contributed by atoms with Crippen LogP contribution in [0.2, 0.25) is 10.0 Å². The Balaban J connectivity index is 1.53. The average Bonchev–Trinajstić information content (AvgIpc) is 2.98. The van der Waals surface area contributed by atoms with Gasteiger partial charge in [0.15, 0.2) is 0 Å². The SMILES string of the molecule is O=C(NCCc1ccc(Cl)cc1)C1CC(=O)N(c2cccc(Cl)c2)C1. The molecule has 130 valence electrons. The Morgan fingerprint density at radius 1 is 1.12 bits per heavy atom. The van der Waals surface area contributed by atoms with E-state index in [0.717, 1.165) is 17.7 Å². The first-order chi connectivity index (χ1) is 12.0. The molecule has 1 aliphatic heterocycles. The van der Waals surface area contributed by atoms with Crippen LogP contribution in [0.4, 0.5) is 5.69 Å². The van der Waals surface area contributed by atoms with E-state index in [0.29, 0.717) is 23.1 Å². The quantitative estimate of drug-likeness (QED) is 0.864. The van der Waals surface area contributed by atoms with Crippen LogP contribution in [0.1, 0.15) is 12.0 Å². The number of carbonyl (C=O) groups is 2. The summed E-state index contributed by atoms with van der Waals surface area (Å²) < 4.78 is 0. The Bertz CT molecular complexity index is 777. The van der Waals surface area contributed by atoms with Crippen LogP contribution in [0.5, 0.6) is 0 Å². The minimum Gasteiger partial charge on any atom is -0.355 e. The highest BCUT2D eigenvalue weighted by Crippen LogP contribution is 2.27. The summed E-state index contributed by atoms with van der Waals surface area (Å²) >= 11 is 11.8. The molecule has 1 unspecified atom stereocenters. The van der Waals surface area contributed by atoms with E-state index in [1.165, 1.54) is 0 Å². The van der Waals surface area contributed by atoms with Gasteiger partial charge in [-0.1, -0.05) is 41.4 Å². The molecule has 2 aromatic carbocycles. The van der Waals surface area contributed by atoms with Crippen molar-refractivity contribution in [2.45, 2.75) is 12.8 Å². The van der Waals surface area contributed by atoms with Crippen molar-refractivity contribution in [3.63, 3.8) is 0 Å². The van der Waals surface area contributed by atoms with E-state index in [4.69, 9.17) is 23.2 Å². The molecule has 3 rings (SSSR count). The van der Waals surface area contributed by atoms with Crippen molar-refractivity contribution in [1.29, 1.82) is 0 Å². The van der Waals surface area contributed by atoms with E-state index in [1.807, 2.05) is 30.3 Å². The van der Waals surface area contributed by atoms with Gasteiger partial charge in [-0.25, -0.2) is 0 Å². The van der Waals surface area contributed by atoms with Gasteiger partial charge in [0.25, 0.3) is 0 Å². The van der Waals surface area contributed by atoms with Crippen molar-refractivity contribution < 1.29 is 9.59 Å². The van der Waals surface area contributed by atoms with Gasteiger partial charge in [-0.3, -0.25) is 9.59 Å². The van der Waals surface area contributed by atoms with Gasteiger partial charge >= 0.3 is 0 Å². The smallest absolute Gasteiger partial charge is 0.227 e. The van der Waals surface area contributed by atoms with Gasteiger partial charge in [-0.05, 0) is 42.3 Å². The number of hydrogen-bond donors (Lipinski definition) is 1. The maximum absolute atomic E-state index is 12.3. The van der Waals surface area contributed by atoms with Crippen LogP contribution in [0, 0.1) is 5.92 Å². The highest BCUT2D eigenvalue weighted by atomic mass is 35.5. The minimum absolute atomic E-state index is 0.0554. The molecule has 1 heterocycles. The Labute approximate surface area is 156 Å². The largest absolute Gasteiger partial charge is 0.355 e. The lowest BCUT2D eigenvalue weighted by atomic mass is 10.1. The monoisotopic (exact) mass is 376 g/mol. The second-order valence-corrected chi connectivity index (χ2v) is 6.93. The molecule has 1 fully saturated rings. The van der Waals surface area contributed by atoms with E-state index in [2.05, 4.69) is 5.32 Å². The fourth-order valence-electron chi connectivity index (χ4n) is 2.90. The van der Waals surface area contributed by atoms with Gasteiger partial charge < -0.3 is 10.2 Å². The van der Waals surface area contributed by atoms with Crippen molar-refractivity contribution >= 4 is 40.7 Å². The number of halogens is 2. The highest BCUT2D eigenvalue weighted by molar-refractivity contribution is 6.31. The van der Waals surface area contributed by atoms with Gasteiger partial charge in [-0.15, -0.1) is 0 Å². The van der Waals surface area contributed by atoms with Crippen molar-refractivity contribution in [1.82, 2.24) is 5.32 Å². The predicted molar refractivity (Wildman–Crippen MR) is 100 cm³/mol. The zero-order chi connectivity index (χ0) is 17.8. The number of benzene rings is 2. The Morgan fingerprint density at radius 3 is 2.60 bits per heavy atom. The topological polar surface area (TPSA) is 49.4 Å². The molecular weight excluding hydrogens is 359 g/mol. The molecular formula is C19H18Cl2N2O2. The van der Waals surface area contributed by atoms with Crippen LogP contribution in [0.3, 0.4) is 0 Å². The Morgan fingerprint density at radius 2 is 1.88 bits per heavy atom. The van der Waals surface area contributed by atoms with Gasteiger partial charge in [0.05, 0.1) is 5.92 Å². The Kier molecular flexibility index (Phi) is 5.61. The van der Waals surface area contributed by atoms with E-state index in [1.54, 1.807) is 23.1 Å². The standard InChI is InChI=1S/C19H18Cl2N2O2/c20-15-6-4-13(5-7-15)8-9-22-19(25)14-10-18(24)23(12-14)17-3-1-2-16(21)11-17/h1-7,11,14H,8-10,12H2,(H,22,25). The van der Waals surface area contributed by atoms with Crippen LogP contribution < -0.4 is 10.2 Å². The molecule has 0 saturated carbocycles. The fraction of sp³-hybridized carbons (Fsp3) is 0.263. The highest BCUT2D eigenvalue weighted by Gasteiger charge is 2.34. The van der Waals surface area contributed by atoms with E-state index >= 15 is 0 Å². The number of carbonyl (C=O) groups excluding carboxylic acids is 2. The molecule has 4 nitrogen and oxygen atoms in total. The summed E-state index contributed by atoms with van der Waals surface area (Å²) in [5, 5.41) is 4.18. The predicted octanol–water partition coefficient (Wildman–Crippen LogP) is 3.71. The fourth-order valence-corrected chi connectivity index (χ4v) is 3.21. The van der Waals surface area contributed by atoms with Gasteiger partial charge in [0, 0.05) is 35.2 Å². The van der Waals surface area contributed by atoms with Crippen molar-refractivity contribution in [3.8, 4) is 0 Å². The second kappa shape index (κ2) is 7.89. The third-order valence-corrected chi connectivity index (χ3v) is 4.73. The zero-order valence-corrected chi connectivity index (χ0v) is 15.1. The van der Waals surface area contributed by atoms with Gasteiger partial charge in [0.2, 0.25) is 11.8 Å². The number of rotatable bonds is 5. The van der Waals surface area contributed by atoms with Crippen LogP contribution in [0.15, 0.2) is 48.5 Å². The second-order valence-electron chi connectivity index (χ2n) is 6.05. The normalized spacial score (nSPS) is 17.0. The number of anilines is 1.